The van der Waals surface area contributed by atoms with Crippen LogP contribution in [0.4, 0.5) is 26.2 Å². The fraction of sp³-hybridized carbons (Fsp3) is 0.250. The smallest absolute Gasteiger partial charge is 0.411 e. The number of carbonyl (C=O) groups is 3. The highest BCUT2D eigenvalue weighted by Crippen LogP contribution is 2.23. The van der Waals surface area contributed by atoms with Crippen LogP contribution in [0.2, 0.25) is 0 Å². The van der Waals surface area contributed by atoms with Gasteiger partial charge in [0.05, 0.1) is 24.4 Å². The molecule has 0 spiro atoms. The fourth-order valence-corrected chi connectivity index (χ4v) is 2.12. The number of amides is 1. The van der Waals surface area contributed by atoms with Crippen LogP contribution in [0.25, 0.3) is 0 Å². The lowest BCUT2D eigenvalue weighted by molar-refractivity contribution is -0.152. The SMILES string of the molecule is CCOC(=O)Nc1ccc(NCc2ccc(F)cc2)cc1N.O=C(O)CC(O)C(=O)O. The summed E-state index contributed by atoms with van der Waals surface area (Å²) >= 11 is 0. The fourth-order valence-electron chi connectivity index (χ4n) is 2.12. The van der Waals surface area contributed by atoms with Gasteiger partial charge < -0.3 is 31.1 Å². The van der Waals surface area contributed by atoms with Crippen LogP contribution in [0, 0.1) is 5.82 Å². The molecule has 1 unspecified atom stereocenters. The molecule has 0 heterocycles. The van der Waals surface area contributed by atoms with E-state index >= 15 is 0 Å². The summed E-state index contributed by atoms with van der Waals surface area (Å²) < 4.78 is 17.6. The van der Waals surface area contributed by atoms with Crippen LogP contribution in [0.3, 0.4) is 0 Å². The number of rotatable bonds is 8. The third-order valence-electron chi connectivity index (χ3n) is 3.63. The number of benzene rings is 2. The molecule has 1 amide bonds. The number of nitrogens with two attached hydrogens (primary N) is 1. The molecule has 11 heteroatoms. The van der Waals surface area contributed by atoms with Crippen molar-refractivity contribution in [2.75, 3.05) is 23.0 Å². The molecule has 0 aliphatic heterocycles. The van der Waals surface area contributed by atoms with Gasteiger partial charge >= 0.3 is 18.0 Å². The summed E-state index contributed by atoms with van der Waals surface area (Å²) in [6.45, 7) is 2.57. The van der Waals surface area contributed by atoms with E-state index in [0.29, 0.717) is 24.5 Å². The molecule has 0 fully saturated rings. The number of halogens is 1. The minimum absolute atomic E-state index is 0.262. The molecule has 0 saturated heterocycles. The van der Waals surface area contributed by atoms with Crippen LogP contribution in [0.5, 0.6) is 0 Å². The molecular formula is C20H24FN3O7. The van der Waals surface area contributed by atoms with E-state index < -0.39 is 30.6 Å². The zero-order valence-corrected chi connectivity index (χ0v) is 16.7. The van der Waals surface area contributed by atoms with E-state index in [4.69, 9.17) is 25.8 Å². The second-order valence-electron chi connectivity index (χ2n) is 6.08. The minimum atomic E-state index is -1.79. The Balaban J connectivity index is 0.000000452. The topological polar surface area (TPSA) is 171 Å². The van der Waals surface area contributed by atoms with Crippen LogP contribution in [0.1, 0.15) is 18.9 Å². The van der Waals surface area contributed by atoms with Crippen LogP contribution in [-0.4, -0.2) is 46.1 Å². The van der Waals surface area contributed by atoms with Gasteiger partial charge in [0, 0.05) is 12.2 Å². The zero-order chi connectivity index (χ0) is 23.4. The number of hydrogen-bond acceptors (Lipinski definition) is 7. The summed E-state index contributed by atoms with van der Waals surface area (Å²) in [5, 5.41) is 29.9. The Hall–Kier alpha value is -3.86. The van der Waals surface area contributed by atoms with Gasteiger partial charge in [-0.3, -0.25) is 10.1 Å². The Morgan fingerprint density at radius 2 is 1.77 bits per heavy atom. The summed E-state index contributed by atoms with van der Waals surface area (Å²) in [5.41, 5.74) is 8.57. The highest BCUT2D eigenvalue weighted by molar-refractivity contribution is 5.89. The molecule has 0 radical (unpaired) electrons. The van der Waals surface area contributed by atoms with Crippen molar-refractivity contribution in [3.63, 3.8) is 0 Å². The summed E-state index contributed by atoms with van der Waals surface area (Å²) in [5.74, 6) is -3.11. The maximum atomic E-state index is 12.8. The third kappa shape index (κ3) is 9.94. The quantitative estimate of drug-likeness (QED) is 0.339. The number of aliphatic hydroxyl groups excluding tert-OH is 1. The van der Waals surface area contributed by atoms with E-state index in [1.807, 2.05) is 0 Å². The highest BCUT2D eigenvalue weighted by atomic mass is 19.1. The average molecular weight is 437 g/mol. The van der Waals surface area contributed by atoms with Crippen LogP contribution in [0.15, 0.2) is 42.5 Å². The standard InChI is InChI=1S/C16H18FN3O2.C4H6O5/c1-2-22-16(21)20-15-8-7-13(9-14(15)18)19-10-11-3-5-12(17)6-4-11;5-2(4(8)9)1-3(6)7/h3-9,19H,2,10,18H2,1H3,(H,20,21);2,5H,1H2,(H,6,7)(H,8,9). The summed E-state index contributed by atoms with van der Waals surface area (Å²) in [4.78, 5) is 30.8. The van der Waals surface area contributed by atoms with Crippen molar-refractivity contribution in [3.8, 4) is 0 Å². The van der Waals surface area contributed by atoms with Crippen molar-refractivity contribution in [1.29, 1.82) is 0 Å². The number of nitrogens with one attached hydrogen (secondary N) is 2. The first kappa shape index (κ1) is 25.2. The lowest BCUT2D eigenvalue weighted by atomic mass is 10.2. The van der Waals surface area contributed by atoms with Crippen molar-refractivity contribution in [2.45, 2.75) is 26.0 Å². The van der Waals surface area contributed by atoms with Gasteiger partial charge in [0.2, 0.25) is 0 Å². The van der Waals surface area contributed by atoms with Crippen molar-refractivity contribution < 1.29 is 38.8 Å². The normalized spacial score (nSPS) is 10.8. The molecule has 168 valence electrons. The van der Waals surface area contributed by atoms with E-state index in [2.05, 4.69) is 10.6 Å². The Bertz CT molecular complexity index is 891. The van der Waals surface area contributed by atoms with E-state index in [1.165, 1.54) is 12.1 Å². The first-order valence-electron chi connectivity index (χ1n) is 9.06. The van der Waals surface area contributed by atoms with Gasteiger partial charge in [0.25, 0.3) is 0 Å². The van der Waals surface area contributed by atoms with Gasteiger partial charge in [-0.05, 0) is 42.8 Å². The van der Waals surface area contributed by atoms with Crippen molar-refractivity contribution in [1.82, 2.24) is 0 Å². The van der Waals surface area contributed by atoms with E-state index in [0.717, 1.165) is 11.3 Å². The lowest BCUT2D eigenvalue weighted by Crippen LogP contribution is -2.22. The van der Waals surface area contributed by atoms with Gasteiger partial charge in [-0.1, -0.05) is 12.1 Å². The van der Waals surface area contributed by atoms with Gasteiger partial charge in [0.1, 0.15) is 5.82 Å². The van der Waals surface area contributed by atoms with E-state index in [-0.39, 0.29) is 5.82 Å². The molecule has 1 atom stereocenters. The van der Waals surface area contributed by atoms with Crippen LogP contribution >= 0.6 is 0 Å². The summed E-state index contributed by atoms with van der Waals surface area (Å²) in [6, 6.07) is 11.5. The Morgan fingerprint density at radius 3 is 2.26 bits per heavy atom. The number of nitrogen functional groups attached to an aromatic ring is 1. The Labute approximate surface area is 177 Å². The average Bonchev–Trinajstić information content (AvgIpc) is 2.69. The number of carboxylic acids is 2. The van der Waals surface area contributed by atoms with Gasteiger partial charge in [-0.25, -0.2) is 14.0 Å². The van der Waals surface area contributed by atoms with Gasteiger partial charge in [-0.2, -0.15) is 0 Å². The highest BCUT2D eigenvalue weighted by Gasteiger charge is 2.16. The number of ether oxygens (including phenoxy) is 1. The molecule has 0 saturated carbocycles. The van der Waals surface area contributed by atoms with Crippen molar-refractivity contribution >= 4 is 35.1 Å². The largest absolute Gasteiger partial charge is 0.481 e. The van der Waals surface area contributed by atoms with Crippen LogP contribution < -0.4 is 16.4 Å². The molecule has 0 bridgehead atoms. The number of carboxylic acid groups (broad SMARTS) is 2. The van der Waals surface area contributed by atoms with Gasteiger partial charge in [-0.15, -0.1) is 0 Å². The molecule has 2 aromatic carbocycles. The monoisotopic (exact) mass is 437 g/mol. The number of carbonyl (C=O) groups excluding carboxylic acids is 1. The number of anilines is 3. The lowest BCUT2D eigenvalue weighted by Gasteiger charge is -2.11. The van der Waals surface area contributed by atoms with Gasteiger partial charge in [0.15, 0.2) is 6.10 Å². The summed E-state index contributed by atoms with van der Waals surface area (Å²) in [7, 11) is 0. The van der Waals surface area contributed by atoms with E-state index in [9.17, 15) is 18.8 Å². The maximum absolute atomic E-state index is 12.8. The first-order chi connectivity index (χ1) is 14.6. The number of hydrogen-bond donors (Lipinski definition) is 6. The Kier molecular flexibility index (Phi) is 10.3. The predicted octanol–water partition coefficient (Wildman–Crippen LogP) is 2.50. The Morgan fingerprint density at radius 1 is 1.13 bits per heavy atom. The van der Waals surface area contributed by atoms with Crippen molar-refractivity contribution in [3.05, 3.63) is 53.8 Å². The molecule has 0 aliphatic rings. The molecular weight excluding hydrogens is 413 g/mol. The second kappa shape index (κ2) is 12.6. The number of aliphatic carboxylic acids is 2. The minimum Gasteiger partial charge on any atom is -0.481 e. The molecule has 2 rings (SSSR count). The first-order valence-corrected chi connectivity index (χ1v) is 9.06. The predicted molar refractivity (Wildman–Crippen MR) is 111 cm³/mol. The van der Waals surface area contributed by atoms with E-state index in [1.54, 1.807) is 37.3 Å². The molecule has 10 nitrogen and oxygen atoms in total. The van der Waals surface area contributed by atoms with Crippen LogP contribution in [-0.2, 0) is 20.9 Å². The molecule has 31 heavy (non-hydrogen) atoms. The molecule has 0 aliphatic carbocycles. The second-order valence-corrected chi connectivity index (χ2v) is 6.08. The maximum Gasteiger partial charge on any atom is 0.411 e. The third-order valence-corrected chi connectivity index (χ3v) is 3.63. The molecule has 0 aromatic heterocycles. The molecule has 7 N–H and O–H groups in total. The number of aliphatic hydroxyl groups is 1. The zero-order valence-electron chi connectivity index (χ0n) is 16.7. The molecule has 2 aromatic rings. The summed E-state index contributed by atoms with van der Waals surface area (Å²) in [6.07, 6.45) is -3.08. The van der Waals surface area contributed by atoms with Crippen molar-refractivity contribution in [2.24, 2.45) is 0 Å².